The van der Waals surface area contributed by atoms with Gasteiger partial charge in [-0.2, -0.15) is 0 Å². The van der Waals surface area contributed by atoms with E-state index >= 15 is 0 Å². The molecule has 0 amide bonds. The summed E-state index contributed by atoms with van der Waals surface area (Å²) in [5, 5.41) is 7.37. The molecule has 0 spiro atoms. The standard InChI is InChI=1S/C39H25N3/c1-3-9-29(10-4-1)41-36-14-8-7-13-32(36)34-23-26(16-19-37(34)41)27-17-20-38-35(24-27)33-18-15-28-25-40-22-21-31(28)39(33)42(38)30-11-5-2-6-12-30/h1-25H. The van der Waals surface area contributed by atoms with E-state index in [1.165, 1.54) is 65.8 Å². The molecular weight excluding hydrogens is 510 g/mol. The van der Waals surface area contributed by atoms with Crippen molar-refractivity contribution < 1.29 is 0 Å². The van der Waals surface area contributed by atoms with E-state index in [0.717, 1.165) is 11.1 Å². The molecule has 6 aromatic carbocycles. The van der Waals surface area contributed by atoms with E-state index in [1.54, 1.807) is 0 Å². The second kappa shape index (κ2) is 8.92. The number of rotatable bonds is 3. The minimum atomic E-state index is 1.14. The molecule has 0 aliphatic carbocycles. The lowest BCUT2D eigenvalue weighted by Crippen LogP contribution is -1.94. The Bertz CT molecular complexity index is 2450. The number of pyridine rings is 1. The second-order valence-electron chi connectivity index (χ2n) is 10.9. The van der Waals surface area contributed by atoms with Crippen molar-refractivity contribution in [1.29, 1.82) is 0 Å². The summed E-state index contributed by atoms with van der Waals surface area (Å²) in [6.07, 6.45) is 3.84. The fourth-order valence-corrected chi connectivity index (χ4v) is 6.71. The van der Waals surface area contributed by atoms with Crippen molar-refractivity contribution in [3.8, 4) is 22.5 Å². The maximum Gasteiger partial charge on any atom is 0.0620 e. The highest BCUT2D eigenvalue weighted by atomic mass is 15.0. The van der Waals surface area contributed by atoms with Crippen LogP contribution in [0.1, 0.15) is 0 Å². The van der Waals surface area contributed by atoms with Crippen LogP contribution in [-0.2, 0) is 0 Å². The zero-order valence-electron chi connectivity index (χ0n) is 22.8. The van der Waals surface area contributed by atoms with Gasteiger partial charge in [-0.25, -0.2) is 0 Å². The van der Waals surface area contributed by atoms with Gasteiger partial charge in [0.15, 0.2) is 0 Å². The van der Waals surface area contributed by atoms with Gasteiger partial charge >= 0.3 is 0 Å². The fourth-order valence-electron chi connectivity index (χ4n) is 6.71. The normalized spacial score (nSPS) is 11.8. The van der Waals surface area contributed by atoms with Gasteiger partial charge in [-0.15, -0.1) is 0 Å². The molecule has 3 aromatic heterocycles. The van der Waals surface area contributed by atoms with E-state index in [-0.39, 0.29) is 0 Å². The molecule has 0 aliphatic rings. The van der Waals surface area contributed by atoms with E-state index < -0.39 is 0 Å². The van der Waals surface area contributed by atoms with Crippen LogP contribution in [0.2, 0.25) is 0 Å². The van der Waals surface area contributed by atoms with Gasteiger partial charge in [-0.1, -0.05) is 78.9 Å². The van der Waals surface area contributed by atoms with E-state index in [0.29, 0.717) is 0 Å². The summed E-state index contributed by atoms with van der Waals surface area (Å²) >= 11 is 0. The number of benzene rings is 6. The van der Waals surface area contributed by atoms with Crippen LogP contribution in [0.3, 0.4) is 0 Å². The third kappa shape index (κ3) is 3.31. The van der Waals surface area contributed by atoms with E-state index in [9.17, 15) is 0 Å². The molecule has 196 valence electrons. The molecule has 0 aliphatic heterocycles. The van der Waals surface area contributed by atoms with Crippen LogP contribution in [0.25, 0.3) is 76.9 Å². The van der Waals surface area contributed by atoms with Crippen molar-refractivity contribution in [2.24, 2.45) is 0 Å². The smallest absolute Gasteiger partial charge is 0.0620 e. The number of para-hydroxylation sites is 3. The predicted molar refractivity (Wildman–Crippen MR) is 176 cm³/mol. The van der Waals surface area contributed by atoms with Crippen molar-refractivity contribution in [2.45, 2.75) is 0 Å². The summed E-state index contributed by atoms with van der Waals surface area (Å²) in [5.74, 6) is 0. The zero-order chi connectivity index (χ0) is 27.6. The van der Waals surface area contributed by atoms with E-state index in [1.807, 2.05) is 12.4 Å². The summed E-state index contributed by atoms with van der Waals surface area (Å²) < 4.78 is 4.76. The van der Waals surface area contributed by atoms with Crippen LogP contribution >= 0.6 is 0 Å². The summed E-state index contributed by atoms with van der Waals surface area (Å²) in [4.78, 5) is 4.39. The number of nitrogens with zero attached hydrogens (tertiary/aromatic N) is 3. The second-order valence-corrected chi connectivity index (χ2v) is 10.9. The summed E-state index contributed by atoms with van der Waals surface area (Å²) in [5.41, 5.74) is 9.61. The molecule has 0 saturated carbocycles. The third-order valence-corrected chi connectivity index (χ3v) is 8.58. The molecule has 0 radical (unpaired) electrons. The predicted octanol–water partition coefficient (Wildman–Crippen LogP) is 10.1. The van der Waals surface area contributed by atoms with Gasteiger partial charge < -0.3 is 9.13 Å². The first kappa shape index (κ1) is 23.1. The van der Waals surface area contributed by atoms with Crippen molar-refractivity contribution >= 4 is 54.4 Å². The maximum atomic E-state index is 4.39. The first-order chi connectivity index (χ1) is 20.8. The minimum Gasteiger partial charge on any atom is -0.309 e. The van der Waals surface area contributed by atoms with Crippen molar-refractivity contribution in [3.05, 3.63) is 152 Å². The molecule has 0 N–H and O–H groups in total. The molecule has 0 atom stereocenters. The Hall–Kier alpha value is -5.67. The van der Waals surface area contributed by atoms with Gasteiger partial charge in [0, 0.05) is 56.1 Å². The average molecular weight is 536 g/mol. The Balaban J connectivity index is 1.31. The van der Waals surface area contributed by atoms with E-state index in [2.05, 4.69) is 154 Å². The lowest BCUT2D eigenvalue weighted by Gasteiger charge is -2.10. The molecule has 0 fully saturated rings. The molecule has 9 rings (SSSR count). The summed E-state index contributed by atoms with van der Waals surface area (Å²) in [7, 11) is 0. The van der Waals surface area contributed by atoms with Gasteiger partial charge in [0.25, 0.3) is 0 Å². The zero-order valence-corrected chi connectivity index (χ0v) is 22.8. The van der Waals surface area contributed by atoms with Gasteiger partial charge in [0.1, 0.15) is 0 Å². The van der Waals surface area contributed by atoms with Gasteiger partial charge in [0.2, 0.25) is 0 Å². The Labute approximate surface area is 242 Å². The third-order valence-electron chi connectivity index (χ3n) is 8.58. The van der Waals surface area contributed by atoms with Crippen LogP contribution < -0.4 is 0 Å². The van der Waals surface area contributed by atoms with E-state index in [4.69, 9.17) is 0 Å². The lowest BCUT2D eigenvalue weighted by molar-refractivity contribution is 1.18. The molecule has 3 heterocycles. The minimum absolute atomic E-state index is 1.14. The number of aromatic nitrogens is 3. The molecule has 42 heavy (non-hydrogen) atoms. The Kier molecular flexibility index (Phi) is 4.90. The molecule has 0 bridgehead atoms. The monoisotopic (exact) mass is 535 g/mol. The first-order valence-electron chi connectivity index (χ1n) is 14.3. The Morgan fingerprint density at radius 1 is 0.405 bits per heavy atom. The highest BCUT2D eigenvalue weighted by molar-refractivity contribution is 6.19. The van der Waals surface area contributed by atoms with Crippen molar-refractivity contribution in [3.63, 3.8) is 0 Å². The highest BCUT2D eigenvalue weighted by Gasteiger charge is 2.17. The largest absolute Gasteiger partial charge is 0.309 e. The molecule has 0 saturated heterocycles. The number of hydrogen-bond donors (Lipinski definition) is 0. The highest BCUT2D eigenvalue weighted by Crippen LogP contribution is 2.40. The number of hydrogen-bond acceptors (Lipinski definition) is 1. The van der Waals surface area contributed by atoms with Gasteiger partial charge in [-0.05, 0) is 71.8 Å². The molecule has 3 heteroatoms. The lowest BCUT2D eigenvalue weighted by atomic mass is 10.00. The topological polar surface area (TPSA) is 22.8 Å². The average Bonchev–Trinajstić information content (AvgIpc) is 3.58. The quantitative estimate of drug-likeness (QED) is 0.221. The molecule has 3 nitrogen and oxygen atoms in total. The SMILES string of the molecule is c1ccc(-n2c3ccccc3c3cc(-c4ccc5c(c4)c4ccc6cnccc6c4n5-c4ccccc4)ccc32)cc1. The Morgan fingerprint density at radius 2 is 1.00 bits per heavy atom. The maximum absolute atomic E-state index is 4.39. The summed E-state index contributed by atoms with van der Waals surface area (Å²) in [6, 6.07) is 50.4. The van der Waals surface area contributed by atoms with Crippen molar-refractivity contribution in [1.82, 2.24) is 14.1 Å². The van der Waals surface area contributed by atoms with Gasteiger partial charge in [-0.3, -0.25) is 4.98 Å². The van der Waals surface area contributed by atoms with Crippen LogP contribution in [0.4, 0.5) is 0 Å². The number of fused-ring (bicyclic) bond motifs is 8. The first-order valence-corrected chi connectivity index (χ1v) is 14.3. The molecular formula is C39H25N3. The fraction of sp³-hybridized carbons (Fsp3) is 0. The van der Waals surface area contributed by atoms with Crippen LogP contribution in [0, 0.1) is 0 Å². The van der Waals surface area contributed by atoms with Crippen molar-refractivity contribution in [2.75, 3.05) is 0 Å². The van der Waals surface area contributed by atoms with Crippen LogP contribution in [-0.4, -0.2) is 14.1 Å². The van der Waals surface area contributed by atoms with Crippen LogP contribution in [0.5, 0.6) is 0 Å². The van der Waals surface area contributed by atoms with Gasteiger partial charge in [0.05, 0.1) is 22.1 Å². The Morgan fingerprint density at radius 3 is 1.74 bits per heavy atom. The summed E-state index contributed by atoms with van der Waals surface area (Å²) in [6.45, 7) is 0. The molecule has 0 unspecified atom stereocenters. The molecule has 9 aromatic rings. The van der Waals surface area contributed by atoms with Crippen LogP contribution in [0.15, 0.2) is 152 Å².